The normalized spacial score (nSPS) is 16.3. The number of allylic oxidation sites excluding steroid dienone is 2. The highest BCUT2D eigenvalue weighted by molar-refractivity contribution is 5.91. The van der Waals surface area contributed by atoms with Gasteiger partial charge in [0.15, 0.2) is 0 Å². The van der Waals surface area contributed by atoms with E-state index in [0.717, 1.165) is 57.2 Å². The number of anilines is 1. The Bertz CT molecular complexity index is 910. The zero-order valence-electron chi connectivity index (χ0n) is 21.8. The maximum atomic E-state index is 13.1. The van der Waals surface area contributed by atoms with E-state index in [1.54, 1.807) is 12.1 Å². The molecule has 0 atom stereocenters. The lowest BCUT2D eigenvalue weighted by atomic mass is 9.85. The summed E-state index contributed by atoms with van der Waals surface area (Å²) >= 11 is 0. The number of piperidine rings is 1. The molecule has 1 aliphatic rings. The summed E-state index contributed by atoms with van der Waals surface area (Å²) in [5.41, 5.74) is 3.99. The van der Waals surface area contributed by atoms with E-state index < -0.39 is 0 Å². The SMILES string of the molecule is C#CNOC1(CCC(/C=C\CC(=O)Nc2ccc(F)cc2)=C/C/N=C/CCCCC)CCN(C)CC1. The number of amides is 1. The number of likely N-dealkylation sites (tertiary alicyclic amines) is 1. The van der Waals surface area contributed by atoms with Crippen molar-refractivity contribution in [3.8, 4) is 12.5 Å². The number of nitrogens with one attached hydrogen (secondary N) is 2. The predicted octanol–water partition coefficient (Wildman–Crippen LogP) is 5.64. The van der Waals surface area contributed by atoms with Crippen molar-refractivity contribution in [2.75, 3.05) is 32.0 Å². The topological polar surface area (TPSA) is 66.0 Å². The maximum Gasteiger partial charge on any atom is 0.228 e. The van der Waals surface area contributed by atoms with Crippen LogP contribution in [0, 0.1) is 18.3 Å². The molecule has 196 valence electrons. The van der Waals surface area contributed by atoms with Gasteiger partial charge < -0.3 is 10.2 Å². The molecule has 1 amide bonds. The molecule has 36 heavy (non-hydrogen) atoms. The van der Waals surface area contributed by atoms with E-state index in [1.807, 2.05) is 18.4 Å². The minimum Gasteiger partial charge on any atom is -0.326 e. The van der Waals surface area contributed by atoms with Crippen molar-refractivity contribution in [3.05, 3.63) is 53.9 Å². The molecule has 0 saturated carbocycles. The highest BCUT2D eigenvalue weighted by Gasteiger charge is 2.35. The van der Waals surface area contributed by atoms with Crippen LogP contribution in [0.4, 0.5) is 10.1 Å². The second-order valence-electron chi connectivity index (χ2n) is 9.32. The molecule has 0 radical (unpaired) electrons. The van der Waals surface area contributed by atoms with Gasteiger partial charge in [-0.05, 0) is 76.1 Å². The zero-order valence-corrected chi connectivity index (χ0v) is 21.8. The highest BCUT2D eigenvalue weighted by atomic mass is 19.1. The maximum absolute atomic E-state index is 13.1. The van der Waals surface area contributed by atoms with Crippen LogP contribution >= 0.6 is 0 Å². The van der Waals surface area contributed by atoms with Crippen LogP contribution in [0.3, 0.4) is 0 Å². The minimum absolute atomic E-state index is 0.153. The average molecular weight is 497 g/mol. The Balaban J connectivity index is 1.99. The lowest BCUT2D eigenvalue weighted by Gasteiger charge is -2.39. The minimum atomic E-state index is -0.334. The van der Waals surface area contributed by atoms with E-state index in [4.69, 9.17) is 11.3 Å². The van der Waals surface area contributed by atoms with Gasteiger partial charge in [0.25, 0.3) is 0 Å². The summed E-state index contributed by atoms with van der Waals surface area (Å²) in [5, 5.41) is 2.78. The molecule has 1 aromatic rings. The van der Waals surface area contributed by atoms with Crippen molar-refractivity contribution in [2.24, 2.45) is 4.99 Å². The smallest absolute Gasteiger partial charge is 0.228 e. The van der Waals surface area contributed by atoms with E-state index in [0.29, 0.717) is 12.2 Å². The van der Waals surface area contributed by atoms with Gasteiger partial charge in [-0.2, -0.15) is 0 Å². The summed E-state index contributed by atoms with van der Waals surface area (Å²) in [4.78, 5) is 25.1. The Morgan fingerprint density at radius 1 is 1.28 bits per heavy atom. The van der Waals surface area contributed by atoms with Gasteiger partial charge in [-0.25, -0.2) is 9.87 Å². The van der Waals surface area contributed by atoms with Crippen molar-refractivity contribution < 1.29 is 14.0 Å². The second-order valence-corrected chi connectivity index (χ2v) is 9.32. The number of halogens is 1. The van der Waals surface area contributed by atoms with Crippen LogP contribution in [0.15, 0.2) is 53.1 Å². The van der Waals surface area contributed by atoms with E-state index in [-0.39, 0.29) is 23.7 Å². The fraction of sp³-hybridized carbons (Fsp3) is 0.517. The molecule has 0 unspecified atom stereocenters. The lowest BCUT2D eigenvalue weighted by molar-refractivity contribution is -0.119. The van der Waals surface area contributed by atoms with Crippen LogP contribution in [0.25, 0.3) is 0 Å². The third-order valence-corrected chi connectivity index (χ3v) is 6.38. The van der Waals surface area contributed by atoms with Crippen LogP contribution < -0.4 is 10.8 Å². The van der Waals surface area contributed by atoms with Crippen LogP contribution in [0.5, 0.6) is 0 Å². The molecule has 0 spiro atoms. The molecular formula is C29H41FN4O2. The molecule has 1 fully saturated rings. The molecule has 0 aromatic heterocycles. The number of unbranched alkanes of at least 4 members (excludes halogenated alkanes) is 3. The molecule has 1 saturated heterocycles. The van der Waals surface area contributed by atoms with Crippen molar-refractivity contribution >= 4 is 17.8 Å². The van der Waals surface area contributed by atoms with Crippen molar-refractivity contribution in [2.45, 2.75) is 70.3 Å². The number of aliphatic imine (C=N–C) groups is 1. The van der Waals surface area contributed by atoms with Gasteiger partial charge in [0.2, 0.25) is 5.91 Å². The summed E-state index contributed by atoms with van der Waals surface area (Å²) in [7, 11) is 2.11. The monoisotopic (exact) mass is 496 g/mol. The van der Waals surface area contributed by atoms with Gasteiger partial charge in [0, 0.05) is 31.2 Å². The zero-order chi connectivity index (χ0) is 26.1. The Morgan fingerprint density at radius 2 is 2.03 bits per heavy atom. The Morgan fingerprint density at radius 3 is 2.72 bits per heavy atom. The molecular weight excluding hydrogens is 455 g/mol. The van der Waals surface area contributed by atoms with Gasteiger partial charge >= 0.3 is 0 Å². The van der Waals surface area contributed by atoms with Crippen LogP contribution in [0.2, 0.25) is 0 Å². The Hall–Kier alpha value is -2.95. The molecule has 1 heterocycles. The number of terminal acetylenes is 1. The van der Waals surface area contributed by atoms with Gasteiger partial charge in [0.1, 0.15) is 5.82 Å². The van der Waals surface area contributed by atoms with E-state index in [1.165, 1.54) is 25.0 Å². The van der Waals surface area contributed by atoms with E-state index >= 15 is 0 Å². The number of rotatable bonds is 15. The first-order chi connectivity index (χ1) is 17.5. The van der Waals surface area contributed by atoms with Crippen molar-refractivity contribution in [1.29, 1.82) is 0 Å². The van der Waals surface area contributed by atoms with Crippen LogP contribution in [-0.2, 0) is 9.63 Å². The number of nitrogens with zero attached hydrogens (tertiary/aromatic N) is 2. The van der Waals surface area contributed by atoms with Gasteiger partial charge in [-0.1, -0.05) is 50.0 Å². The number of hydrogen-bond donors (Lipinski definition) is 2. The molecule has 0 aliphatic carbocycles. The number of benzene rings is 1. The molecule has 1 aromatic carbocycles. The first-order valence-electron chi connectivity index (χ1n) is 12.9. The third-order valence-electron chi connectivity index (χ3n) is 6.38. The fourth-order valence-electron chi connectivity index (χ4n) is 4.08. The van der Waals surface area contributed by atoms with Crippen molar-refractivity contribution in [1.82, 2.24) is 10.4 Å². The highest BCUT2D eigenvalue weighted by Crippen LogP contribution is 2.31. The number of hydrogen-bond acceptors (Lipinski definition) is 5. The summed E-state index contributed by atoms with van der Waals surface area (Å²) < 4.78 is 13.1. The van der Waals surface area contributed by atoms with Gasteiger partial charge in [-0.15, -0.1) is 0 Å². The summed E-state index contributed by atoms with van der Waals surface area (Å²) in [6.45, 7) is 4.70. The van der Waals surface area contributed by atoms with Crippen molar-refractivity contribution in [3.63, 3.8) is 0 Å². The Labute approximate surface area is 216 Å². The van der Waals surface area contributed by atoms with Crippen LogP contribution in [0.1, 0.15) is 64.7 Å². The van der Waals surface area contributed by atoms with Crippen LogP contribution in [-0.4, -0.2) is 49.3 Å². The quantitative estimate of drug-likeness (QED) is 0.0823. The first kappa shape index (κ1) is 29.3. The summed E-state index contributed by atoms with van der Waals surface area (Å²) in [6, 6.07) is 8.12. The molecule has 7 heteroatoms. The first-order valence-corrected chi connectivity index (χ1v) is 12.9. The third kappa shape index (κ3) is 11.7. The second kappa shape index (κ2) is 16.7. The number of hydroxylamine groups is 1. The largest absolute Gasteiger partial charge is 0.326 e. The molecule has 0 bridgehead atoms. The summed E-state index contributed by atoms with van der Waals surface area (Å²) in [6.07, 6.45) is 21.5. The molecule has 6 nitrogen and oxygen atoms in total. The molecule has 1 aliphatic heterocycles. The molecule has 2 N–H and O–H groups in total. The van der Waals surface area contributed by atoms with Gasteiger partial charge in [-0.3, -0.25) is 14.6 Å². The van der Waals surface area contributed by atoms with E-state index in [2.05, 4.69) is 46.8 Å². The number of carbonyl (C=O) groups excluding carboxylic acids is 1. The average Bonchev–Trinajstić information content (AvgIpc) is 2.88. The standard InChI is InChI=1S/C29H41FN4O2/c1-4-6-7-8-21-31-22-17-25(10-9-11-28(35)33-27-14-12-26(30)13-15-27)16-18-29(36-32-5-2)19-23-34(3)24-20-29/h2,9-10,12-15,17,21,32H,4,6-8,11,16,18-20,22-24H2,1,3H3,(H,33,35)/b10-9-,25-17+,31-21+. The summed E-state index contributed by atoms with van der Waals surface area (Å²) in [5.74, 6) is -0.487. The van der Waals surface area contributed by atoms with Gasteiger partial charge in [0.05, 0.1) is 12.1 Å². The Kier molecular flexibility index (Phi) is 13.6. The van der Waals surface area contributed by atoms with E-state index in [9.17, 15) is 9.18 Å². The fourth-order valence-corrected chi connectivity index (χ4v) is 4.08. The predicted molar refractivity (Wildman–Crippen MR) is 146 cm³/mol. The molecule has 2 rings (SSSR count). The number of carbonyl (C=O) groups is 1. The lowest BCUT2D eigenvalue weighted by Crippen LogP contribution is -2.46.